The van der Waals surface area contributed by atoms with E-state index in [0.717, 1.165) is 48.1 Å². The molecule has 2 N–H and O–H groups in total. The maximum absolute atomic E-state index is 15.1. The number of ether oxygens (including phenoxy) is 2. The number of anilines is 2. The number of aliphatic hydroxyl groups excluding tert-OH is 1. The highest BCUT2D eigenvalue weighted by atomic mass is 28.4. The Bertz CT molecular complexity index is 1840. The largest absolute Gasteiger partial charge is 0.497 e. The fraction of sp³-hybridized carbons (Fsp3) is 0.488. The van der Waals surface area contributed by atoms with Crippen LogP contribution in [-0.2, 0) is 44.2 Å². The SMILES string of the molecule is COc1ccc2c(c1)[C@@]1(O[C@H](CC(=O)N3Cc4ccccc4C[C@H]3CO)[C@@H]([Si](C)(C)O)[C@@H]1C)C(=O)N2Cc1cccc(N2CCCCCCC2=O)c1. The zero-order valence-corrected chi connectivity index (χ0v) is 31.7. The monoisotopic (exact) mass is 725 g/mol. The highest BCUT2D eigenvalue weighted by Crippen LogP contribution is 2.60. The molecule has 0 bridgehead atoms. The number of carbonyl (C=O) groups is 3. The molecule has 3 aromatic carbocycles. The van der Waals surface area contributed by atoms with Crippen LogP contribution in [0.4, 0.5) is 11.4 Å². The minimum absolute atomic E-state index is 0.0229. The molecule has 52 heavy (non-hydrogen) atoms. The third-order valence-electron chi connectivity index (χ3n) is 11.8. The average Bonchev–Trinajstić information content (AvgIpc) is 3.55. The van der Waals surface area contributed by atoms with Gasteiger partial charge in [0.1, 0.15) is 5.75 Å². The van der Waals surface area contributed by atoms with E-state index in [-0.39, 0.29) is 43.3 Å². The number of fused-ring (bicyclic) bond motifs is 3. The third-order valence-corrected chi connectivity index (χ3v) is 14.3. The second-order valence-corrected chi connectivity index (χ2v) is 19.5. The van der Waals surface area contributed by atoms with Gasteiger partial charge in [-0.1, -0.05) is 56.2 Å². The van der Waals surface area contributed by atoms with E-state index in [9.17, 15) is 19.5 Å². The van der Waals surface area contributed by atoms with Gasteiger partial charge in [-0.3, -0.25) is 14.4 Å². The number of rotatable bonds is 8. The second kappa shape index (κ2) is 14.4. The molecule has 11 heteroatoms. The first kappa shape index (κ1) is 36.3. The Balaban J connectivity index is 1.21. The first-order valence-electron chi connectivity index (χ1n) is 18.7. The maximum Gasteiger partial charge on any atom is 0.264 e. The second-order valence-electron chi connectivity index (χ2n) is 15.5. The van der Waals surface area contributed by atoms with Gasteiger partial charge in [-0.15, -0.1) is 0 Å². The molecule has 3 amide bonds. The van der Waals surface area contributed by atoms with E-state index >= 15 is 4.79 Å². The minimum atomic E-state index is -3.04. The lowest BCUT2D eigenvalue weighted by Crippen LogP contribution is -2.48. The zero-order chi connectivity index (χ0) is 36.8. The van der Waals surface area contributed by atoms with Crippen LogP contribution in [-0.4, -0.2) is 73.2 Å². The van der Waals surface area contributed by atoms with Crippen molar-refractivity contribution in [3.05, 3.63) is 89.0 Å². The molecule has 2 fully saturated rings. The molecule has 1 spiro atoms. The van der Waals surface area contributed by atoms with E-state index < -0.39 is 31.5 Å². The number of aliphatic hydroxyl groups is 1. The summed E-state index contributed by atoms with van der Waals surface area (Å²) >= 11 is 0. The van der Waals surface area contributed by atoms with Crippen molar-refractivity contribution in [1.29, 1.82) is 0 Å². The lowest BCUT2D eigenvalue weighted by atomic mass is 9.82. The summed E-state index contributed by atoms with van der Waals surface area (Å²) in [6.07, 6.45) is 4.36. The van der Waals surface area contributed by atoms with Crippen molar-refractivity contribution >= 4 is 37.4 Å². The van der Waals surface area contributed by atoms with Crippen LogP contribution in [0.5, 0.6) is 5.75 Å². The number of hydrogen-bond acceptors (Lipinski definition) is 7. The van der Waals surface area contributed by atoms with Gasteiger partial charge in [-0.05, 0) is 79.4 Å². The Morgan fingerprint density at radius 1 is 1.00 bits per heavy atom. The molecule has 5 atom stereocenters. The van der Waals surface area contributed by atoms with Crippen LogP contribution in [0.25, 0.3) is 0 Å². The molecular formula is C41H51N3O7Si. The summed E-state index contributed by atoms with van der Waals surface area (Å²) in [5, 5.41) is 10.3. The summed E-state index contributed by atoms with van der Waals surface area (Å²) in [7, 11) is -1.45. The van der Waals surface area contributed by atoms with Crippen LogP contribution in [0.15, 0.2) is 66.7 Å². The van der Waals surface area contributed by atoms with Crippen LogP contribution in [0.3, 0.4) is 0 Å². The van der Waals surface area contributed by atoms with E-state index in [2.05, 4.69) is 0 Å². The Kier molecular flexibility index (Phi) is 10.1. The summed E-state index contributed by atoms with van der Waals surface area (Å²) < 4.78 is 12.6. The molecule has 4 aliphatic heterocycles. The number of hydrogen-bond donors (Lipinski definition) is 2. The Morgan fingerprint density at radius 2 is 1.77 bits per heavy atom. The van der Waals surface area contributed by atoms with Crippen LogP contribution in [0.1, 0.15) is 67.7 Å². The maximum atomic E-state index is 15.1. The summed E-state index contributed by atoms with van der Waals surface area (Å²) in [6, 6.07) is 21.1. The molecular weight excluding hydrogens is 675 g/mol. The van der Waals surface area contributed by atoms with Gasteiger partial charge >= 0.3 is 0 Å². The smallest absolute Gasteiger partial charge is 0.264 e. The van der Waals surface area contributed by atoms with E-state index in [4.69, 9.17) is 9.47 Å². The predicted octanol–water partition coefficient (Wildman–Crippen LogP) is 5.67. The van der Waals surface area contributed by atoms with Crippen LogP contribution < -0.4 is 14.5 Å². The number of nitrogens with zero attached hydrogens (tertiary/aromatic N) is 3. The summed E-state index contributed by atoms with van der Waals surface area (Å²) in [5.74, 6) is -0.166. The van der Waals surface area contributed by atoms with Crippen molar-refractivity contribution < 1.29 is 33.8 Å². The Morgan fingerprint density at radius 3 is 2.52 bits per heavy atom. The minimum Gasteiger partial charge on any atom is -0.497 e. The molecule has 0 aliphatic carbocycles. The summed E-state index contributed by atoms with van der Waals surface area (Å²) in [4.78, 5) is 59.5. The number of methoxy groups -OCH3 is 1. The fourth-order valence-corrected chi connectivity index (χ4v) is 11.9. The van der Waals surface area contributed by atoms with Crippen molar-refractivity contribution in [3.63, 3.8) is 0 Å². The standard InChI is InChI=1S/C41H51N3O7Si/c1-27-39(52(3,4)49)36(23-38(47)43-25-30-14-9-8-13-29(30)21-32(43)26-45)51-41(27)34-22-33(50-2)17-18-35(34)44(40(41)48)24-28-12-11-15-31(20-28)42-19-10-6-5-7-16-37(42)46/h8-9,11-15,17-18,20,22,27,32,36,39,45,49H,5-7,10,16,19,21,23-26H2,1-4H3/t27-,32-,36+,39-,41+/m0/s1. The normalized spacial score (nSPS) is 26.3. The van der Waals surface area contributed by atoms with Crippen LogP contribution in [0.2, 0.25) is 18.6 Å². The zero-order valence-electron chi connectivity index (χ0n) is 30.7. The lowest BCUT2D eigenvalue weighted by Gasteiger charge is -2.37. The van der Waals surface area contributed by atoms with E-state index in [1.54, 1.807) is 16.9 Å². The van der Waals surface area contributed by atoms with Gasteiger partial charge in [0.2, 0.25) is 11.8 Å². The van der Waals surface area contributed by atoms with Crippen molar-refractivity contribution in [2.75, 3.05) is 30.1 Å². The highest BCUT2D eigenvalue weighted by molar-refractivity contribution is 6.71. The van der Waals surface area contributed by atoms with Crippen LogP contribution >= 0.6 is 0 Å². The van der Waals surface area contributed by atoms with Crippen LogP contribution in [0, 0.1) is 5.92 Å². The quantitative estimate of drug-likeness (QED) is 0.287. The number of benzene rings is 3. The molecule has 0 saturated carbocycles. The number of amides is 3. The summed E-state index contributed by atoms with van der Waals surface area (Å²) in [6.45, 7) is 6.81. The van der Waals surface area contributed by atoms with Gasteiger partial charge in [0, 0.05) is 42.2 Å². The molecule has 10 nitrogen and oxygen atoms in total. The van der Waals surface area contributed by atoms with Gasteiger partial charge in [0.25, 0.3) is 5.91 Å². The van der Waals surface area contributed by atoms with Gasteiger partial charge in [0.15, 0.2) is 13.9 Å². The molecule has 0 unspecified atom stereocenters. The van der Waals surface area contributed by atoms with Gasteiger partial charge in [-0.2, -0.15) is 0 Å². The molecule has 4 heterocycles. The van der Waals surface area contributed by atoms with E-state index in [1.165, 1.54) is 0 Å². The Hall–Kier alpha value is -4.03. The molecule has 0 aromatic heterocycles. The van der Waals surface area contributed by atoms with Crippen molar-refractivity contribution in [1.82, 2.24) is 4.90 Å². The molecule has 4 aliphatic rings. The van der Waals surface area contributed by atoms with Crippen molar-refractivity contribution in [2.24, 2.45) is 5.92 Å². The van der Waals surface area contributed by atoms with E-state index in [1.807, 2.05) is 91.6 Å². The van der Waals surface area contributed by atoms with Gasteiger partial charge in [0.05, 0.1) is 44.5 Å². The third kappa shape index (κ3) is 6.46. The predicted molar refractivity (Wildman–Crippen MR) is 201 cm³/mol. The van der Waals surface area contributed by atoms with Crippen molar-refractivity contribution in [2.45, 2.75) is 101 Å². The molecule has 3 aromatic rings. The molecule has 2 saturated heterocycles. The topological polar surface area (TPSA) is 120 Å². The molecule has 276 valence electrons. The van der Waals surface area contributed by atoms with Gasteiger partial charge in [-0.25, -0.2) is 0 Å². The Labute approximate surface area is 307 Å². The first-order valence-corrected chi connectivity index (χ1v) is 21.8. The highest BCUT2D eigenvalue weighted by Gasteiger charge is 2.66. The van der Waals surface area contributed by atoms with Gasteiger partial charge < -0.3 is 34.1 Å². The molecule has 0 radical (unpaired) electrons. The first-order chi connectivity index (χ1) is 25.0. The lowest BCUT2D eigenvalue weighted by molar-refractivity contribution is -0.151. The molecule has 7 rings (SSSR count). The number of carbonyl (C=O) groups excluding carboxylic acids is 3. The van der Waals surface area contributed by atoms with E-state index in [0.29, 0.717) is 42.9 Å². The fourth-order valence-electron chi connectivity index (χ4n) is 9.31. The summed E-state index contributed by atoms with van der Waals surface area (Å²) in [5.41, 5.74) is 3.36. The van der Waals surface area contributed by atoms with Crippen molar-refractivity contribution in [3.8, 4) is 5.75 Å². The average molecular weight is 726 g/mol.